The average molecular weight is 269 g/mol. The Labute approximate surface area is 121 Å². The average Bonchev–Trinajstić information content (AvgIpc) is 2.50. The second kappa shape index (κ2) is 5.84. The lowest BCUT2D eigenvalue weighted by Gasteiger charge is -2.33. The van der Waals surface area contributed by atoms with E-state index in [1.54, 1.807) is 7.11 Å². The summed E-state index contributed by atoms with van der Waals surface area (Å²) in [4.78, 5) is 2.61. The van der Waals surface area contributed by atoms with E-state index in [4.69, 9.17) is 4.74 Å². The lowest BCUT2D eigenvalue weighted by molar-refractivity contribution is 0.153. The molecule has 1 fully saturated rings. The zero-order chi connectivity index (χ0) is 13.9. The molecule has 0 N–H and O–H groups in total. The van der Waals surface area contributed by atoms with Gasteiger partial charge in [0.05, 0.1) is 7.11 Å². The molecule has 1 heterocycles. The Morgan fingerprint density at radius 2 is 1.90 bits per heavy atom. The van der Waals surface area contributed by atoms with Crippen molar-refractivity contribution in [3.8, 4) is 5.75 Å². The Morgan fingerprint density at radius 1 is 1.10 bits per heavy atom. The second-order valence-corrected chi connectivity index (χ2v) is 5.79. The maximum atomic E-state index is 5.48. The van der Waals surface area contributed by atoms with Crippen molar-refractivity contribution in [2.45, 2.75) is 38.8 Å². The first-order valence-electron chi connectivity index (χ1n) is 7.58. The molecule has 106 valence electrons. The summed E-state index contributed by atoms with van der Waals surface area (Å²) < 4.78 is 5.48. The van der Waals surface area contributed by atoms with E-state index in [9.17, 15) is 0 Å². The van der Waals surface area contributed by atoms with Crippen LogP contribution in [0, 0.1) is 0 Å². The van der Waals surface area contributed by atoms with Crippen molar-refractivity contribution in [1.82, 2.24) is 4.90 Å². The van der Waals surface area contributed by atoms with Gasteiger partial charge in [0.15, 0.2) is 0 Å². The molecule has 1 aliphatic heterocycles. The molecule has 1 aliphatic rings. The molecule has 3 rings (SSSR count). The van der Waals surface area contributed by atoms with Gasteiger partial charge < -0.3 is 4.74 Å². The SMILES string of the molecule is COc1ccc(CN2CCCCC2C)c2ccccc12. The molecule has 0 aliphatic carbocycles. The highest BCUT2D eigenvalue weighted by Gasteiger charge is 2.19. The molecule has 2 aromatic carbocycles. The molecule has 0 saturated carbocycles. The monoisotopic (exact) mass is 269 g/mol. The van der Waals surface area contributed by atoms with Crippen LogP contribution in [0.2, 0.25) is 0 Å². The molecule has 2 heteroatoms. The van der Waals surface area contributed by atoms with Crippen LogP contribution < -0.4 is 4.74 Å². The number of likely N-dealkylation sites (tertiary alicyclic amines) is 1. The summed E-state index contributed by atoms with van der Waals surface area (Å²) in [6.07, 6.45) is 4.04. The maximum absolute atomic E-state index is 5.48. The van der Waals surface area contributed by atoms with Crippen LogP contribution in [0.25, 0.3) is 10.8 Å². The Hall–Kier alpha value is -1.54. The molecule has 1 atom stereocenters. The van der Waals surface area contributed by atoms with Gasteiger partial charge in [-0.1, -0.05) is 36.8 Å². The minimum absolute atomic E-state index is 0.699. The van der Waals surface area contributed by atoms with Gasteiger partial charge in [0, 0.05) is 18.0 Å². The lowest BCUT2D eigenvalue weighted by atomic mass is 9.99. The fourth-order valence-electron chi connectivity index (χ4n) is 3.26. The number of hydrogen-bond donors (Lipinski definition) is 0. The van der Waals surface area contributed by atoms with E-state index in [-0.39, 0.29) is 0 Å². The van der Waals surface area contributed by atoms with E-state index >= 15 is 0 Å². The Kier molecular flexibility index (Phi) is 3.93. The first-order valence-corrected chi connectivity index (χ1v) is 7.58. The van der Waals surface area contributed by atoms with Crippen molar-refractivity contribution in [3.63, 3.8) is 0 Å². The lowest BCUT2D eigenvalue weighted by Crippen LogP contribution is -2.36. The summed E-state index contributed by atoms with van der Waals surface area (Å²) in [6.45, 7) is 4.62. The first kappa shape index (κ1) is 13.4. The molecule has 0 amide bonds. The molecule has 0 bridgehead atoms. The predicted molar refractivity (Wildman–Crippen MR) is 84.2 cm³/mol. The summed E-state index contributed by atoms with van der Waals surface area (Å²) in [5.41, 5.74) is 1.41. The zero-order valence-electron chi connectivity index (χ0n) is 12.4. The Bertz CT molecular complexity index is 593. The van der Waals surface area contributed by atoms with E-state index in [0.29, 0.717) is 6.04 Å². The van der Waals surface area contributed by atoms with Crippen LogP contribution in [0.15, 0.2) is 36.4 Å². The third kappa shape index (κ3) is 2.53. The number of benzene rings is 2. The number of nitrogens with zero attached hydrogens (tertiary/aromatic N) is 1. The van der Waals surface area contributed by atoms with Gasteiger partial charge in [0.1, 0.15) is 5.75 Å². The largest absolute Gasteiger partial charge is 0.496 e. The van der Waals surface area contributed by atoms with Crippen molar-refractivity contribution >= 4 is 10.8 Å². The molecule has 0 spiro atoms. The minimum Gasteiger partial charge on any atom is -0.496 e. The molecule has 2 aromatic rings. The molecule has 0 radical (unpaired) electrons. The van der Waals surface area contributed by atoms with Gasteiger partial charge in [-0.25, -0.2) is 0 Å². The number of ether oxygens (including phenoxy) is 1. The summed E-state index contributed by atoms with van der Waals surface area (Å²) in [7, 11) is 1.74. The summed E-state index contributed by atoms with van der Waals surface area (Å²) in [5.74, 6) is 0.969. The molecule has 0 aromatic heterocycles. The van der Waals surface area contributed by atoms with Crippen molar-refractivity contribution < 1.29 is 4.74 Å². The smallest absolute Gasteiger partial charge is 0.126 e. The number of fused-ring (bicyclic) bond motifs is 1. The summed E-state index contributed by atoms with van der Waals surface area (Å²) in [6, 6.07) is 13.6. The van der Waals surface area contributed by atoms with Gasteiger partial charge in [0.25, 0.3) is 0 Å². The standard InChI is InChI=1S/C18H23NO/c1-14-7-5-6-12-19(14)13-15-10-11-18(20-2)17-9-4-3-8-16(15)17/h3-4,8-11,14H,5-7,12-13H2,1-2H3. The number of hydrogen-bond acceptors (Lipinski definition) is 2. The van der Waals surface area contributed by atoms with Crippen LogP contribution in [-0.2, 0) is 6.54 Å². The third-order valence-corrected chi connectivity index (χ3v) is 4.51. The van der Waals surface area contributed by atoms with E-state index in [1.165, 1.54) is 42.1 Å². The van der Waals surface area contributed by atoms with Crippen molar-refractivity contribution in [2.24, 2.45) is 0 Å². The predicted octanol–water partition coefficient (Wildman–Crippen LogP) is 4.22. The van der Waals surface area contributed by atoms with Crippen LogP contribution in [0.3, 0.4) is 0 Å². The number of piperidine rings is 1. The van der Waals surface area contributed by atoms with Crippen molar-refractivity contribution in [2.75, 3.05) is 13.7 Å². The van der Waals surface area contributed by atoms with E-state index < -0.39 is 0 Å². The Morgan fingerprint density at radius 3 is 2.65 bits per heavy atom. The van der Waals surface area contributed by atoms with Gasteiger partial charge in [0.2, 0.25) is 0 Å². The summed E-state index contributed by atoms with van der Waals surface area (Å²) >= 11 is 0. The van der Waals surface area contributed by atoms with Crippen LogP contribution in [-0.4, -0.2) is 24.6 Å². The van der Waals surface area contributed by atoms with Crippen LogP contribution >= 0.6 is 0 Å². The second-order valence-electron chi connectivity index (χ2n) is 5.79. The normalized spacial score (nSPS) is 20.2. The van der Waals surface area contributed by atoms with Crippen molar-refractivity contribution in [1.29, 1.82) is 0 Å². The highest BCUT2D eigenvalue weighted by atomic mass is 16.5. The molecule has 2 nitrogen and oxygen atoms in total. The van der Waals surface area contributed by atoms with E-state index in [2.05, 4.69) is 48.2 Å². The van der Waals surface area contributed by atoms with Gasteiger partial charge in [-0.15, -0.1) is 0 Å². The highest BCUT2D eigenvalue weighted by Crippen LogP contribution is 2.30. The van der Waals surface area contributed by atoms with E-state index in [0.717, 1.165) is 12.3 Å². The number of methoxy groups -OCH3 is 1. The van der Waals surface area contributed by atoms with Gasteiger partial charge in [-0.3, -0.25) is 4.90 Å². The van der Waals surface area contributed by atoms with Crippen LogP contribution in [0.5, 0.6) is 5.75 Å². The van der Waals surface area contributed by atoms with Crippen LogP contribution in [0.4, 0.5) is 0 Å². The van der Waals surface area contributed by atoms with E-state index in [1.807, 2.05) is 0 Å². The minimum atomic E-state index is 0.699. The molecule has 20 heavy (non-hydrogen) atoms. The molecule has 1 saturated heterocycles. The quantitative estimate of drug-likeness (QED) is 0.827. The van der Waals surface area contributed by atoms with Gasteiger partial charge in [-0.05, 0) is 43.3 Å². The highest BCUT2D eigenvalue weighted by molar-refractivity contribution is 5.91. The summed E-state index contributed by atoms with van der Waals surface area (Å²) in [5, 5.41) is 2.54. The number of rotatable bonds is 3. The first-order chi connectivity index (χ1) is 9.79. The topological polar surface area (TPSA) is 12.5 Å². The maximum Gasteiger partial charge on any atom is 0.126 e. The third-order valence-electron chi connectivity index (χ3n) is 4.51. The van der Waals surface area contributed by atoms with Gasteiger partial charge in [-0.2, -0.15) is 0 Å². The molecular formula is C18H23NO. The zero-order valence-corrected chi connectivity index (χ0v) is 12.4. The van der Waals surface area contributed by atoms with Gasteiger partial charge >= 0.3 is 0 Å². The molecular weight excluding hydrogens is 246 g/mol. The Balaban J connectivity index is 1.95. The van der Waals surface area contributed by atoms with Crippen molar-refractivity contribution in [3.05, 3.63) is 42.0 Å². The van der Waals surface area contributed by atoms with Crippen LogP contribution in [0.1, 0.15) is 31.7 Å². The fraction of sp³-hybridized carbons (Fsp3) is 0.444. The fourth-order valence-corrected chi connectivity index (χ4v) is 3.26. The molecule has 1 unspecified atom stereocenters.